The lowest BCUT2D eigenvalue weighted by Crippen LogP contribution is -2.14. The Morgan fingerprint density at radius 3 is 2.72 bits per heavy atom. The zero-order valence-electron chi connectivity index (χ0n) is 13.1. The lowest BCUT2D eigenvalue weighted by Gasteiger charge is -2.03. The summed E-state index contributed by atoms with van der Waals surface area (Å²) >= 11 is 0. The number of amides is 1. The molecule has 0 spiro atoms. The fraction of sp³-hybridized carbons (Fsp3) is 0.0556. The predicted molar refractivity (Wildman–Crippen MR) is 93.2 cm³/mol. The van der Waals surface area contributed by atoms with E-state index in [2.05, 4.69) is 20.3 Å². The van der Waals surface area contributed by atoms with Crippen LogP contribution in [0.25, 0.3) is 22.5 Å². The van der Waals surface area contributed by atoms with Gasteiger partial charge in [-0.15, -0.1) is 0 Å². The van der Waals surface area contributed by atoms with Crippen LogP contribution in [0.2, 0.25) is 0 Å². The van der Waals surface area contributed by atoms with Crippen molar-refractivity contribution in [2.24, 2.45) is 0 Å². The molecule has 2 heterocycles. The summed E-state index contributed by atoms with van der Waals surface area (Å²) in [4.78, 5) is 33.1. The van der Waals surface area contributed by atoms with E-state index in [9.17, 15) is 9.59 Å². The van der Waals surface area contributed by atoms with Crippen LogP contribution in [0.15, 0.2) is 64.0 Å². The Bertz CT molecular complexity index is 1090. The highest BCUT2D eigenvalue weighted by atomic mass is 16.3. The summed E-state index contributed by atoms with van der Waals surface area (Å²) in [5.74, 6) is 0.264. The molecule has 0 aliphatic heterocycles. The van der Waals surface area contributed by atoms with Gasteiger partial charge in [-0.1, -0.05) is 18.2 Å². The molecule has 25 heavy (non-hydrogen) atoms. The Hall–Kier alpha value is -3.61. The van der Waals surface area contributed by atoms with Gasteiger partial charge in [-0.3, -0.25) is 4.79 Å². The van der Waals surface area contributed by atoms with Crippen LogP contribution in [0, 0.1) is 0 Å². The first kappa shape index (κ1) is 14.9. The molecule has 4 aromatic rings. The lowest BCUT2D eigenvalue weighted by atomic mass is 10.2. The molecular formula is C18H14N4O3. The minimum Gasteiger partial charge on any atom is -0.444 e. The number of anilines is 1. The maximum absolute atomic E-state index is 12.2. The second-order valence-corrected chi connectivity index (χ2v) is 5.57. The topological polar surface area (TPSA) is 104 Å². The van der Waals surface area contributed by atoms with Crippen LogP contribution >= 0.6 is 0 Å². The normalized spacial score (nSPS) is 10.9. The Morgan fingerprint density at radius 1 is 1.08 bits per heavy atom. The number of nitrogens with one attached hydrogen (secondary N) is 3. The summed E-state index contributed by atoms with van der Waals surface area (Å²) in [6, 6.07) is 14.6. The zero-order chi connectivity index (χ0) is 17.2. The van der Waals surface area contributed by atoms with Crippen molar-refractivity contribution in [1.82, 2.24) is 15.0 Å². The van der Waals surface area contributed by atoms with Crippen LogP contribution in [-0.4, -0.2) is 20.9 Å². The van der Waals surface area contributed by atoms with E-state index in [0.717, 1.165) is 5.56 Å². The molecule has 0 aliphatic rings. The Labute approximate surface area is 141 Å². The molecule has 0 unspecified atom stereocenters. The molecular weight excluding hydrogens is 320 g/mol. The van der Waals surface area contributed by atoms with Gasteiger partial charge in [0.15, 0.2) is 0 Å². The molecule has 4 rings (SSSR count). The number of aromatic nitrogens is 3. The molecule has 0 saturated heterocycles. The van der Waals surface area contributed by atoms with Gasteiger partial charge in [-0.25, -0.2) is 9.78 Å². The molecule has 0 saturated carbocycles. The van der Waals surface area contributed by atoms with Crippen molar-refractivity contribution in [2.75, 3.05) is 5.32 Å². The molecule has 0 radical (unpaired) electrons. The second-order valence-electron chi connectivity index (χ2n) is 5.57. The summed E-state index contributed by atoms with van der Waals surface area (Å²) in [7, 11) is 0. The highest BCUT2D eigenvalue weighted by Gasteiger charge is 2.11. The van der Waals surface area contributed by atoms with E-state index < -0.39 is 0 Å². The third kappa shape index (κ3) is 3.20. The SMILES string of the molecule is O=C(Cc1coc(-c2ccccc2)n1)Nc1ccc2[nH]c(=O)[nH]c2c1. The summed E-state index contributed by atoms with van der Waals surface area (Å²) in [6.07, 6.45) is 1.58. The number of fused-ring (bicyclic) bond motifs is 1. The number of H-pyrrole nitrogens is 2. The summed E-state index contributed by atoms with van der Waals surface area (Å²) in [5, 5.41) is 2.78. The number of benzene rings is 2. The molecule has 124 valence electrons. The number of oxazole rings is 1. The first-order valence-corrected chi connectivity index (χ1v) is 7.69. The highest BCUT2D eigenvalue weighted by Crippen LogP contribution is 2.19. The average molecular weight is 334 g/mol. The minimum absolute atomic E-state index is 0.0953. The standard InChI is InChI=1S/C18H14N4O3/c23-16(19-12-6-7-14-15(8-12)22-18(24)21-14)9-13-10-25-17(20-13)11-4-2-1-3-5-11/h1-8,10H,9H2,(H,19,23)(H2,21,22,24). The van der Waals surface area contributed by atoms with Crippen LogP contribution < -0.4 is 11.0 Å². The zero-order valence-corrected chi connectivity index (χ0v) is 13.1. The van der Waals surface area contributed by atoms with Gasteiger partial charge >= 0.3 is 5.69 Å². The average Bonchev–Trinajstić information content (AvgIpc) is 3.21. The van der Waals surface area contributed by atoms with Gasteiger partial charge in [-0.05, 0) is 30.3 Å². The molecule has 1 amide bonds. The first-order chi connectivity index (χ1) is 12.2. The summed E-state index contributed by atoms with van der Waals surface area (Å²) < 4.78 is 5.43. The van der Waals surface area contributed by atoms with E-state index in [1.807, 2.05) is 30.3 Å². The van der Waals surface area contributed by atoms with Crippen molar-refractivity contribution >= 4 is 22.6 Å². The third-order valence-electron chi connectivity index (χ3n) is 3.71. The van der Waals surface area contributed by atoms with E-state index >= 15 is 0 Å². The molecule has 3 N–H and O–H groups in total. The first-order valence-electron chi connectivity index (χ1n) is 7.69. The maximum atomic E-state index is 12.2. The quantitative estimate of drug-likeness (QED) is 0.534. The van der Waals surface area contributed by atoms with Crippen molar-refractivity contribution in [1.29, 1.82) is 0 Å². The maximum Gasteiger partial charge on any atom is 0.323 e. The Balaban J connectivity index is 1.46. The van der Waals surface area contributed by atoms with E-state index in [-0.39, 0.29) is 18.0 Å². The van der Waals surface area contributed by atoms with E-state index in [0.29, 0.717) is 28.3 Å². The van der Waals surface area contributed by atoms with Crippen molar-refractivity contribution in [3.63, 3.8) is 0 Å². The fourth-order valence-corrected chi connectivity index (χ4v) is 2.58. The van der Waals surface area contributed by atoms with Crippen molar-refractivity contribution < 1.29 is 9.21 Å². The Kier molecular flexibility index (Phi) is 3.66. The molecule has 0 fully saturated rings. The Morgan fingerprint density at radius 2 is 1.88 bits per heavy atom. The third-order valence-corrected chi connectivity index (χ3v) is 3.71. The van der Waals surface area contributed by atoms with E-state index in [4.69, 9.17) is 4.42 Å². The van der Waals surface area contributed by atoms with Gasteiger partial charge in [0.2, 0.25) is 11.8 Å². The van der Waals surface area contributed by atoms with Gasteiger partial charge in [0, 0.05) is 11.3 Å². The number of carbonyl (C=O) groups excluding carboxylic acids is 1. The molecule has 2 aromatic heterocycles. The number of hydrogen-bond donors (Lipinski definition) is 3. The van der Waals surface area contributed by atoms with E-state index in [1.165, 1.54) is 6.26 Å². The number of hydrogen-bond acceptors (Lipinski definition) is 4. The molecule has 0 aliphatic carbocycles. The molecule has 7 nitrogen and oxygen atoms in total. The minimum atomic E-state index is -0.283. The summed E-state index contributed by atoms with van der Waals surface area (Å²) in [6.45, 7) is 0. The molecule has 0 atom stereocenters. The molecule has 7 heteroatoms. The van der Waals surface area contributed by atoms with Gasteiger partial charge in [-0.2, -0.15) is 0 Å². The fourth-order valence-electron chi connectivity index (χ4n) is 2.58. The van der Waals surface area contributed by atoms with Gasteiger partial charge in [0.05, 0.1) is 23.1 Å². The van der Waals surface area contributed by atoms with Crippen LogP contribution in [0.5, 0.6) is 0 Å². The van der Waals surface area contributed by atoms with Gasteiger partial charge in [0.25, 0.3) is 0 Å². The molecule has 0 bridgehead atoms. The molecule has 2 aromatic carbocycles. The summed E-state index contributed by atoms with van der Waals surface area (Å²) in [5.41, 5.74) is 3.04. The number of carbonyl (C=O) groups is 1. The highest BCUT2D eigenvalue weighted by molar-refractivity contribution is 5.94. The van der Waals surface area contributed by atoms with E-state index in [1.54, 1.807) is 18.2 Å². The number of aromatic amines is 2. The van der Waals surface area contributed by atoms with Crippen molar-refractivity contribution in [3.8, 4) is 11.5 Å². The van der Waals surface area contributed by atoms with Gasteiger partial charge < -0.3 is 19.7 Å². The largest absolute Gasteiger partial charge is 0.444 e. The van der Waals surface area contributed by atoms with Crippen LogP contribution in [0.1, 0.15) is 5.69 Å². The van der Waals surface area contributed by atoms with Crippen LogP contribution in [0.3, 0.4) is 0 Å². The number of imidazole rings is 1. The van der Waals surface area contributed by atoms with Crippen LogP contribution in [0.4, 0.5) is 5.69 Å². The monoisotopic (exact) mass is 334 g/mol. The van der Waals surface area contributed by atoms with Crippen LogP contribution in [-0.2, 0) is 11.2 Å². The van der Waals surface area contributed by atoms with Gasteiger partial charge in [0.1, 0.15) is 6.26 Å². The second kappa shape index (κ2) is 6.12. The lowest BCUT2D eigenvalue weighted by molar-refractivity contribution is -0.115. The smallest absolute Gasteiger partial charge is 0.323 e. The van der Waals surface area contributed by atoms with Crippen molar-refractivity contribution in [2.45, 2.75) is 6.42 Å². The number of rotatable bonds is 4. The van der Waals surface area contributed by atoms with Crippen molar-refractivity contribution in [3.05, 3.63) is 71.0 Å². The predicted octanol–water partition coefficient (Wildman–Crippen LogP) is 2.69. The number of nitrogens with zero attached hydrogens (tertiary/aromatic N) is 1.